The van der Waals surface area contributed by atoms with Crippen molar-refractivity contribution in [1.82, 2.24) is 15.5 Å². The predicted molar refractivity (Wildman–Crippen MR) is 126 cm³/mol. The molecule has 182 valence electrons. The maximum Gasteiger partial charge on any atom is 0.408 e. The van der Waals surface area contributed by atoms with Crippen LogP contribution in [-0.4, -0.2) is 52.9 Å². The Morgan fingerprint density at radius 3 is 2.15 bits per heavy atom. The summed E-state index contributed by atoms with van der Waals surface area (Å²) in [6, 6.07) is 4.67. The smallest absolute Gasteiger partial charge is 0.408 e. The van der Waals surface area contributed by atoms with E-state index in [-0.39, 0.29) is 12.6 Å². The zero-order valence-electron chi connectivity index (χ0n) is 20.3. The molecule has 0 heterocycles. The first kappa shape index (κ1) is 27.7. The third-order valence-corrected chi connectivity index (χ3v) is 4.39. The van der Waals surface area contributed by atoms with Crippen molar-refractivity contribution in [2.45, 2.75) is 71.7 Å². The molecule has 2 unspecified atom stereocenters. The van der Waals surface area contributed by atoms with Gasteiger partial charge in [0, 0.05) is 12.6 Å². The van der Waals surface area contributed by atoms with Gasteiger partial charge in [-0.05, 0) is 47.1 Å². The summed E-state index contributed by atoms with van der Waals surface area (Å²) < 4.78 is 5.23. The zero-order valence-corrected chi connectivity index (χ0v) is 20.3. The number of ether oxygens (including phenoxy) is 1. The summed E-state index contributed by atoms with van der Waals surface area (Å²) in [7, 11) is 0. The van der Waals surface area contributed by atoms with E-state index in [0.29, 0.717) is 5.56 Å². The number of nitrogens with one attached hydrogen (secondary N) is 2. The van der Waals surface area contributed by atoms with Gasteiger partial charge in [0.2, 0.25) is 17.7 Å². The number of carbonyl (C=O) groups is 4. The normalized spacial score (nSPS) is 12.9. The minimum atomic E-state index is -1.32. The molecule has 9 nitrogen and oxygen atoms in total. The van der Waals surface area contributed by atoms with E-state index in [1.54, 1.807) is 32.9 Å². The number of amides is 4. The summed E-state index contributed by atoms with van der Waals surface area (Å²) in [5, 5.41) is 5.25. The molecule has 4 N–H and O–H groups in total. The molecule has 0 fully saturated rings. The number of primary amides is 1. The molecule has 33 heavy (non-hydrogen) atoms. The van der Waals surface area contributed by atoms with E-state index in [9.17, 15) is 19.2 Å². The number of nitrogens with two attached hydrogens (primary N) is 1. The van der Waals surface area contributed by atoms with Crippen molar-refractivity contribution in [1.29, 1.82) is 0 Å². The average Bonchev–Trinajstić information content (AvgIpc) is 2.65. The van der Waals surface area contributed by atoms with Gasteiger partial charge in [-0.25, -0.2) is 4.79 Å². The van der Waals surface area contributed by atoms with E-state index in [1.165, 1.54) is 11.0 Å². The highest BCUT2D eigenvalue weighted by Gasteiger charge is 2.36. The SMILES string of the molecule is C=CCN(C(=O)C(CC(N)=O)NC(=O)OC(C)(C)C)C(C(=O)NC(C)C)c1ccc(C)cc1. The highest BCUT2D eigenvalue weighted by Crippen LogP contribution is 2.24. The highest BCUT2D eigenvalue weighted by atomic mass is 16.6. The van der Waals surface area contributed by atoms with Gasteiger partial charge in [-0.2, -0.15) is 0 Å². The van der Waals surface area contributed by atoms with Gasteiger partial charge in [0.15, 0.2) is 0 Å². The lowest BCUT2D eigenvalue weighted by molar-refractivity contribution is -0.142. The Bertz CT molecular complexity index is 859. The molecule has 1 rings (SSSR count). The van der Waals surface area contributed by atoms with Crippen molar-refractivity contribution in [3.63, 3.8) is 0 Å². The molecule has 2 atom stereocenters. The molecule has 0 aliphatic rings. The first-order valence-electron chi connectivity index (χ1n) is 10.8. The fourth-order valence-corrected chi connectivity index (χ4v) is 3.10. The molecular formula is C24H36N4O5. The number of rotatable bonds is 10. The summed E-state index contributed by atoms with van der Waals surface area (Å²) in [4.78, 5) is 52.0. The van der Waals surface area contributed by atoms with Crippen LogP contribution in [0, 0.1) is 6.92 Å². The number of hydrogen-bond donors (Lipinski definition) is 3. The number of alkyl carbamates (subject to hydrolysis) is 1. The Labute approximate surface area is 195 Å². The van der Waals surface area contributed by atoms with Crippen molar-refractivity contribution >= 4 is 23.8 Å². The Kier molecular flexibility index (Phi) is 10.1. The summed E-state index contributed by atoms with van der Waals surface area (Å²) >= 11 is 0. The third kappa shape index (κ3) is 9.34. The third-order valence-electron chi connectivity index (χ3n) is 4.39. The molecule has 0 radical (unpaired) electrons. The van der Waals surface area contributed by atoms with Crippen LogP contribution in [0.2, 0.25) is 0 Å². The second-order valence-corrected chi connectivity index (χ2v) is 9.13. The van der Waals surface area contributed by atoms with Crippen LogP contribution in [0.3, 0.4) is 0 Å². The van der Waals surface area contributed by atoms with Crippen molar-refractivity contribution in [2.75, 3.05) is 6.54 Å². The summed E-state index contributed by atoms with van der Waals surface area (Å²) in [5.74, 6) is -1.86. The van der Waals surface area contributed by atoms with Crippen molar-refractivity contribution in [3.8, 4) is 0 Å². The van der Waals surface area contributed by atoms with Crippen molar-refractivity contribution < 1.29 is 23.9 Å². The summed E-state index contributed by atoms with van der Waals surface area (Å²) in [5.41, 5.74) is 6.08. The standard InChI is InChI=1S/C24H36N4O5/c1-8-13-28(20(21(30)26-15(2)3)17-11-9-16(4)10-12-17)22(31)18(14-19(25)29)27-23(32)33-24(5,6)7/h8-12,15,18,20H,1,13-14H2,2-7H3,(H2,25,29)(H,26,30)(H,27,32). The first-order valence-corrected chi connectivity index (χ1v) is 10.8. The maximum absolute atomic E-state index is 13.6. The zero-order chi connectivity index (χ0) is 25.3. The van der Waals surface area contributed by atoms with Gasteiger partial charge in [0.1, 0.15) is 17.7 Å². The van der Waals surface area contributed by atoms with Crippen LogP contribution in [0.4, 0.5) is 4.79 Å². The van der Waals surface area contributed by atoms with Gasteiger partial charge in [-0.15, -0.1) is 6.58 Å². The van der Waals surface area contributed by atoms with Crippen LogP contribution in [-0.2, 0) is 19.1 Å². The Hall–Kier alpha value is -3.36. The Balaban J connectivity index is 3.41. The van der Waals surface area contributed by atoms with Gasteiger partial charge in [0.05, 0.1) is 6.42 Å². The molecule has 0 aromatic heterocycles. The van der Waals surface area contributed by atoms with Crippen LogP contribution >= 0.6 is 0 Å². The average molecular weight is 461 g/mol. The molecule has 0 bridgehead atoms. The monoisotopic (exact) mass is 460 g/mol. The predicted octanol–water partition coefficient (Wildman–Crippen LogP) is 2.34. The number of benzene rings is 1. The lowest BCUT2D eigenvalue weighted by Crippen LogP contribution is -2.54. The van der Waals surface area contributed by atoms with E-state index in [1.807, 2.05) is 32.9 Å². The van der Waals surface area contributed by atoms with E-state index in [4.69, 9.17) is 10.5 Å². The molecule has 1 aromatic carbocycles. The molecule has 0 saturated heterocycles. The molecule has 0 aliphatic carbocycles. The van der Waals surface area contributed by atoms with Crippen molar-refractivity contribution in [3.05, 3.63) is 48.0 Å². The van der Waals surface area contributed by atoms with Gasteiger partial charge in [0.25, 0.3) is 0 Å². The van der Waals surface area contributed by atoms with Crippen LogP contribution in [0.25, 0.3) is 0 Å². The number of hydrogen-bond acceptors (Lipinski definition) is 5. The Morgan fingerprint density at radius 2 is 1.70 bits per heavy atom. The van der Waals surface area contributed by atoms with Crippen LogP contribution in [0.5, 0.6) is 0 Å². The van der Waals surface area contributed by atoms with Crippen LogP contribution < -0.4 is 16.4 Å². The van der Waals surface area contributed by atoms with Crippen LogP contribution in [0.1, 0.15) is 58.2 Å². The largest absolute Gasteiger partial charge is 0.444 e. The summed E-state index contributed by atoms with van der Waals surface area (Å²) in [6.07, 6.45) is 0.133. The first-order chi connectivity index (χ1) is 15.2. The molecular weight excluding hydrogens is 424 g/mol. The minimum absolute atomic E-state index is 0.00580. The van der Waals surface area contributed by atoms with Gasteiger partial charge < -0.3 is 26.0 Å². The molecule has 0 saturated carbocycles. The second-order valence-electron chi connectivity index (χ2n) is 9.13. The van der Waals surface area contributed by atoms with Gasteiger partial charge in [-0.1, -0.05) is 35.9 Å². The fourth-order valence-electron chi connectivity index (χ4n) is 3.10. The lowest BCUT2D eigenvalue weighted by Gasteiger charge is -2.34. The number of carbonyl (C=O) groups excluding carboxylic acids is 4. The molecule has 1 aromatic rings. The van der Waals surface area contributed by atoms with E-state index >= 15 is 0 Å². The highest BCUT2D eigenvalue weighted by molar-refractivity contribution is 5.94. The van der Waals surface area contributed by atoms with E-state index < -0.39 is 47.9 Å². The lowest BCUT2D eigenvalue weighted by atomic mass is 10.0. The van der Waals surface area contributed by atoms with Crippen LogP contribution in [0.15, 0.2) is 36.9 Å². The van der Waals surface area contributed by atoms with E-state index in [0.717, 1.165) is 5.56 Å². The quantitative estimate of drug-likeness (QED) is 0.461. The topological polar surface area (TPSA) is 131 Å². The minimum Gasteiger partial charge on any atom is -0.444 e. The summed E-state index contributed by atoms with van der Waals surface area (Å²) in [6.45, 7) is 14.2. The fraction of sp³-hybridized carbons (Fsp3) is 0.500. The Morgan fingerprint density at radius 1 is 1.12 bits per heavy atom. The number of aryl methyl sites for hydroxylation is 1. The van der Waals surface area contributed by atoms with Crippen molar-refractivity contribution in [2.24, 2.45) is 5.73 Å². The van der Waals surface area contributed by atoms with Gasteiger partial charge >= 0.3 is 6.09 Å². The number of nitrogens with zero attached hydrogens (tertiary/aromatic N) is 1. The second kappa shape index (κ2) is 12.0. The maximum atomic E-state index is 13.6. The van der Waals surface area contributed by atoms with E-state index in [2.05, 4.69) is 17.2 Å². The molecule has 0 aliphatic heterocycles. The van der Waals surface area contributed by atoms with Gasteiger partial charge in [-0.3, -0.25) is 14.4 Å². The molecule has 9 heteroatoms. The molecule has 4 amide bonds. The molecule has 0 spiro atoms.